The molecule has 100 valence electrons. The number of rotatable bonds is 2. The Hall–Kier alpha value is -2.02. The number of benzene rings is 1. The van der Waals surface area contributed by atoms with Gasteiger partial charge in [-0.25, -0.2) is 0 Å². The second-order valence-electron chi connectivity index (χ2n) is 5.11. The fourth-order valence-corrected chi connectivity index (χ4v) is 2.50. The van der Waals surface area contributed by atoms with Crippen LogP contribution >= 0.6 is 0 Å². The van der Waals surface area contributed by atoms with Gasteiger partial charge < -0.3 is 10.4 Å². The van der Waals surface area contributed by atoms with Crippen molar-refractivity contribution in [3.8, 4) is 11.8 Å². The first-order chi connectivity index (χ1) is 9.15. The van der Waals surface area contributed by atoms with Gasteiger partial charge in [0.25, 0.3) is 5.91 Å². The molecule has 4 heteroatoms. The summed E-state index contributed by atoms with van der Waals surface area (Å²) in [5.41, 5.74) is -0.262. The maximum atomic E-state index is 12.2. The minimum atomic E-state index is -0.731. The number of phenolic OH excluding ortho intramolecular Hbond substituents is 1. The molecule has 0 spiro atoms. The van der Waals surface area contributed by atoms with Crippen molar-refractivity contribution in [3.05, 3.63) is 29.8 Å². The summed E-state index contributed by atoms with van der Waals surface area (Å²) in [5.74, 6) is -0.121. The van der Waals surface area contributed by atoms with E-state index < -0.39 is 5.54 Å². The van der Waals surface area contributed by atoms with E-state index in [0.29, 0.717) is 18.4 Å². The smallest absolute Gasteiger partial charge is 0.252 e. The summed E-state index contributed by atoms with van der Waals surface area (Å²) in [5, 5.41) is 21.5. The van der Waals surface area contributed by atoms with Crippen LogP contribution in [0.5, 0.6) is 5.75 Å². The summed E-state index contributed by atoms with van der Waals surface area (Å²) in [7, 11) is 0. The number of hydrogen-bond donors (Lipinski definition) is 2. The lowest BCUT2D eigenvalue weighted by Gasteiger charge is -2.26. The number of carbonyl (C=O) groups excluding carboxylic acids is 1. The number of nitrogens with one attached hydrogen (secondary N) is 1. The van der Waals surface area contributed by atoms with E-state index in [0.717, 1.165) is 25.7 Å². The minimum Gasteiger partial charge on any atom is -0.508 e. The molecule has 0 radical (unpaired) electrons. The maximum Gasteiger partial charge on any atom is 0.252 e. The number of hydrogen-bond acceptors (Lipinski definition) is 3. The number of phenols is 1. The van der Waals surface area contributed by atoms with E-state index in [9.17, 15) is 15.2 Å². The van der Waals surface area contributed by atoms with Crippen LogP contribution in [0.2, 0.25) is 0 Å². The van der Waals surface area contributed by atoms with Crippen molar-refractivity contribution in [2.24, 2.45) is 0 Å². The third-order valence-electron chi connectivity index (χ3n) is 3.65. The molecular formula is C15H18N2O2. The van der Waals surface area contributed by atoms with Crippen LogP contribution in [0.25, 0.3) is 0 Å². The van der Waals surface area contributed by atoms with Gasteiger partial charge in [-0.05, 0) is 37.1 Å². The van der Waals surface area contributed by atoms with Gasteiger partial charge in [-0.2, -0.15) is 5.26 Å². The van der Waals surface area contributed by atoms with E-state index >= 15 is 0 Å². The van der Waals surface area contributed by atoms with Crippen LogP contribution in [0, 0.1) is 11.3 Å². The van der Waals surface area contributed by atoms with Gasteiger partial charge in [-0.1, -0.05) is 25.7 Å². The predicted octanol–water partition coefficient (Wildman–Crippen LogP) is 2.74. The number of nitriles is 1. The molecule has 1 aliphatic rings. The second-order valence-corrected chi connectivity index (χ2v) is 5.11. The highest BCUT2D eigenvalue weighted by molar-refractivity contribution is 5.95. The topological polar surface area (TPSA) is 73.1 Å². The molecule has 4 nitrogen and oxygen atoms in total. The summed E-state index contributed by atoms with van der Waals surface area (Å²) in [4.78, 5) is 12.2. The number of aromatic hydroxyl groups is 1. The number of nitrogens with zero attached hydrogens (tertiary/aromatic N) is 1. The molecule has 1 fully saturated rings. The van der Waals surface area contributed by atoms with Crippen LogP contribution < -0.4 is 5.32 Å². The lowest BCUT2D eigenvalue weighted by Crippen LogP contribution is -2.47. The van der Waals surface area contributed by atoms with Gasteiger partial charge in [-0.3, -0.25) is 4.79 Å². The highest BCUT2D eigenvalue weighted by Crippen LogP contribution is 2.27. The summed E-state index contributed by atoms with van der Waals surface area (Å²) in [6, 6.07) is 8.36. The molecule has 0 bridgehead atoms. The predicted molar refractivity (Wildman–Crippen MR) is 71.6 cm³/mol. The summed E-state index contributed by atoms with van der Waals surface area (Å²) in [6.07, 6.45) is 5.63. The van der Waals surface area contributed by atoms with Crippen molar-refractivity contribution in [3.63, 3.8) is 0 Å². The van der Waals surface area contributed by atoms with Gasteiger partial charge in [0.2, 0.25) is 0 Å². The van der Waals surface area contributed by atoms with Gasteiger partial charge in [0.05, 0.1) is 6.07 Å². The highest BCUT2D eigenvalue weighted by atomic mass is 16.3. The van der Waals surface area contributed by atoms with Crippen molar-refractivity contribution in [2.45, 2.75) is 44.1 Å². The Morgan fingerprint density at radius 1 is 1.16 bits per heavy atom. The molecule has 0 atom stereocenters. The fourth-order valence-electron chi connectivity index (χ4n) is 2.50. The largest absolute Gasteiger partial charge is 0.508 e. The SMILES string of the molecule is N#CC1(NC(=O)c2ccc(O)cc2)CCCCCC1. The van der Waals surface area contributed by atoms with Crippen molar-refractivity contribution < 1.29 is 9.90 Å². The second kappa shape index (κ2) is 5.75. The minimum absolute atomic E-state index is 0.126. The maximum absolute atomic E-state index is 12.2. The Balaban J connectivity index is 2.11. The molecule has 1 aromatic carbocycles. The molecule has 1 amide bonds. The lowest BCUT2D eigenvalue weighted by atomic mass is 9.91. The van der Waals surface area contributed by atoms with E-state index in [2.05, 4.69) is 11.4 Å². The Bertz CT molecular complexity index is 480. The third-order valence-corrected chi connectivity index (χ3v) is 3.65. The average Bonchev–Trinajstić information content (AvgIpc) is 2.65. The first-order valence-electron chi connectivity index (χ1n) is 6.68. The van der Waals surface area contributed by atoms with Crippen molar-refractivity contribution in [2.75, 3.05) is 0 Å². The highest BCUT2D eigenvalue weighted by Gasteiger charge is 2.32. The molecule has 0 saturated heterocycles. The van der Waals surface area contributed by atoms with Gasteiger partial charge in [0.15, 0.2) is 0 Å². The zero-order chi connectivity index (χ0) is 13.7. The summed E-state index contributed by atoms with van der Waals surface area (Å²) in [6.45, 7) is 0. The Labute approximate surface area is 113 Å². The van der Waals surface area contributed by atoms with Crippen LogP contribution in [0.1, 0.15) is 48.9 Å². The molecule has 0 heterocycles. The third kappa shape index (κ3) is 3.25. The Kier molecular flexibility index (Phi) is 4.06. The monoisotopic (exact) mass is 258 g/mol. The van der Waals surface area contributed by atoms with Crippen LogP contribution in [-0.2, 0) is 0 Å². The van der Waals surface area contributed by atoms with Crippen LogP contribution in [-0.4, -0.2) is 16.6 Å². The molecule has 0 aliphatic heterocycles. The quantitative estimate of drug-likeness (QED) is 0.801. The fraction of sp³-hybridized carbons (Fsp3) is 0.467. The van der Waals surface area contributed by atoms with Gasteiger partial charge in [-0.15, -0.1) is 0 Å². The average molecular weight is 258 g/mol. The van der Waals surface area contributed by atoms with E-state index in [1.807, 2.05) is 0 Å². The molecule has 19 heavy (non-hydrogen) atoms. The Morgan fingerprint density at radius 3 is 2.26 bits per heavy atom. The molecule has 0 unspecified atom stereocenters. The normalized spacial score (nSPS) is 18.1. The van der Waals surface area contributed by atoms with Crippen LogP contribution in [0.15, 0.2) is 24.3 Å². The van der Waals surface area contributed by atoms with Gasteiger partial charge >= 0.3 is 0 Å². The summed E-state index contributed by atoms with van der Waals surface area (Å²) >= 11 is 0. The first-order valence-corrected chi connectivity index (χ1v) is 6.68. The molecule has 1 aliphatic carbocycles. The molecular weight excluding hydrogens is 240 g/mol. The van der Waals surface area contributed by atoms with E-state index in [-0.39, 0.29) is 11.7 Å². The van der Waals surface area contributed by atoms with E-state index in [4.69, 9.17) is 0 Å². The van der Waals surface area contributed by atoms with E-state index in [1.54, 1.807) is 12.1 Å². The van der Waals surface area contributed by atoms with Crippen molar-refractivity contribution >= 4 is 5.91 Å². The van der Waals surface area contributed by atoms with Crippen molar-refractivity contribution in [1.29, 1.82) is 5.26 Å². The van der Waals surface area contributed by atoms with Crippen molar-refractivity contribution in [1.82, 2.24) is 5.32 Å². The number of amides is 1. The molecule has 1 saturated carbocycles. The molecule has 2 rings (SSSR count). The molecule has 0 aromatic heterocycles. The Morgan fingerprint density at radius 2 is 1.74 bits per heavy atom. The zero-order valence-corrected chi connectivity index (χ0v) is 10.9. The molecule has 1 aromatic rings. The van der Waals surface area contributed by atoms with Crippen LogP contribution in [0.3, 0.4) is 0 Å². The number of carbonyl (C=O) groups is 1. The standard InChI is InChI=1S/C15H18N2O2/c16-11-15(9-3-1-2-4-10-15)17-14(19)12-5-7-13(18)8-6-12/h5-8,18H,1-4,9-10H2,(H,17,19). The molecule has 2 N–H and O–H groups in total. The van der Waals surface area contributed by atoms with Gasteiger partial charge in [0, 0.05) is 5.56 Å². The summed E-state index contributed by atoms with van der Waals surface area (Å²) < 4.78 is 0. The first kappa shape index (κ1) is 13.4. The van der Waals surface area contributed by atoms with Crippen LogP contribution in [0.4, 0.5) is 0 Å². The lowest BCUT2D eigenvalue weighted by molar-refractivity contribution is 0.0913. The van der Waals surface area contributed by atoms with Gasteiger partial charge in [0.1, 0.15) is 11.3 Å². The zero-order valence-electron chi connectivity index (χ0n) is 10.9. The van der Waals surface area contributed by atoms with E-state index in [1.165, 1.54) is 12.1 Å².